The van der Waals surface area contributed by atoms with Crippen LogP contribution in [0.2, 0.25) is 0 Å². The molecule has 13 heavy (non-hydrogen) atoms. The van der Waals surface area contributed by atoms with Crippen LogP contribution < -0.4 is 0 Å². The third-order valence-electron chi connectivity index (χ3n) is 1.04. The second kappa shape index (κ2) is 5.67. The average Bonchev–Trinajstić information content (AvgIpc) is 2.03. The zero-order valence-corrected chi connectivity index (χ0v) is 7.76. The van der Waals surface area contributed by atoms with Gasteiger partial charge >= 0.3 is 7.82 Å². The molecule has 1 rings (SSSR count). The molecule has 1 aromatic carbocycles. The second-order valence-electron chi connectivity index (χ2n) is 2.13. The minimum Gasteiger partial charge on any atom is -0.303 e. The van der Waals surface area contributed by atoms with E-state index in [2.05, 4.69) is 6.58 Å². The van der Waals surface area contributed by atoms with Gasteiger partial charge in [0.05, 0.1) is 0 Å². The van der Waals surface area contributed by atoms with E-state index in [9.17, 15) is 0 Å². The Hall–Kier alpha value is -0.930. The summed E-state index contributed by atoms with van der Waals surface area (Å²) < 4.78 is 8.88. The van der Waals surface area contributed by atoms with Gasteiger partial charge in [-0.2, -0.15) is 0 Å². The first kappa shape index (κ1) is 12.1. The van der Waals surface area contributed by atoms with E-state index >= 15 is 0 Å². The van der Waals surface area contributed by atoms with Crippen LogP contribution in [0.15, 0.2) is 36.9 Å². The highest BCUT2D eigenvalue weighted by molar-refractivity contribution is 7.45. The Bertz CT molecular complexity index is 282. The van der Waals surface area contributed by atoms with Crippen LogP contribution in [0.5, 0.6) is 0 Å². The summed E-state index contributed by atoms with van der Waals surface area (Å²) in [6.07, 6.45) is 1.83. The molecule has 0 saturated carbocycles. The van der Waals surface area contributed by atoms with Gasteiger partial charge in [0.2, 0.25) is 0 Å². The molecule has 5 heteroatoms. The zero-order valence-electron chi connectivity index (χ0n) is 6.87. The number of hydrogen-bond acceptors (Lipinski definition) is 1. The van der Waals surface area contributed by atoms with Crippen LogP contribution in [0.3, 0.4) is 0 Å². The van der Waals surface area contributed by atoms with Crippen molar-refractivity contribution in [3.05, 3.63) is 42.5 Å². The minimum absolute atomic E-state index is 1.17. The molecule has 0 unspecified atom stereocenters. The first-order valence-electron chi connectivity index (χ1n) is 3.39. The largest absolute Gasteiger partial charge is 0.466 e. The number of benzene rings is 1. The maximum atomic E-state index is 8.88. The summed E-state index contributed by atoms with van der Waals surface area (Å²) in [5.41, 5.74) is 1.17. The molecular formula is C8H11O4P. The molecule has 0 amide bonds. The fourth-order valence-electron chi connectivity index (χ4n) is 0.589. The summed E-state index contributed by atoms with van der Waals surface area (Å²) in [5, 5.41) is 0. The van der Waals surface area contributed by atoms with E-state index in [-0.39, 0.29) is 0 Å². The van der Waals surface area contributed by atoms with E-state index in [0.29, 0.717) is 0 Å². The fourth-order valence-corrected chi connectivity index (χ4v) is 0.589. The molecule has 72 valence electrons. The van der Waals surface area contributed by atoms with E-state index in [1.807, 2.05) is 36.4 Å². The molecule has 0 radical (unpaired) electrons. The van der Waals surface area contributed by atoms with Crippen molar-refractivity contribution in [1.29, 1.82) is 0 Å². The van der Waals surface area contributed by atoms with Crippen molar-refractivity contribution in [1.82, 2.24) is 0 Å². The van der Waals surface area contributed by atoms with Crippen molar-refractivity contribution in [3.8, 4) is 0 Å². The van der Waals surface area contributed by atoms with Gasteiger partial charge in [0.15, 0.2) is 0 Å². The fraction of sp³-hybridized carbons (Fsp3) is 0. The molecule has 3 N–H and O–H groups in total. The Kier molecular flexibility index (Phi) is 5.26. The summed E-state index contributed by atoms with van der Waals surface area (Å²) in [5.74, 6) is 0. The molecule has 0 aliphatic heterocycles. The SMILES string of the molecule is C=Cc1ccccc1.O=P(O)(O)O. The van der Waals surface area contributed by atoms with Gasteiger partial charge in [-0.3, -0.25) is 0 Å². The molecule has 0 aliphatic rings. The molecule has 0 atom stereocenters. The quantitative estimate of drug-likeness (QED) is 0.601. The second-order valence-corrected chi connectivity index (χ2v) is 3.15. The molecule has 4 nitrogen and oxygen atoms in total. The highest BCUT2D eigenvalue weighted by Gasteiger charge is 2.00. The van der Waals surface area contributed by atoms with Crippen LogP contribution in [-0.2, 0) is 4.57 Å². The Balaban J connectivity index is 0.000000252. The Morgan fingerprint density at radius 3 is 1.77 bits per heavy atom. The molecule has 0 spiro atoms. The van der Waals surface area contributed by atoms with Crippen molar-refractivity contribution in [2.24, 2.45) is 0 Å². The summed E-state index contributed by atoms with van der Waals surface area (Å²) in [6.45, 7) is 3.63. The number of rotatable bonds is 1. The smallest absolute Gasteiger partial charge is 0.303 e. The summed E-state index contributed by atoms with van der Waals surface area (Å²) in [6, 6.07) is 10.0. The van der Waals surface area contributed by atoms with Gasteiger partial charge in [-0.25, -0.2) is 4.57 Å². The van der Waals surface area contributed by atoms with Crippen molar-refractivity contribution in [2.75, 3.05) is 0 Å². The lowest BCUT2D eigenvalue weighted by Crippen LogP contribution is -1.66. The van der Waals surface area contributed by atoms with Crippen LogP contribution in [0.1, 0.15) is 5.56 Å². The lowest BCUT2D eigenvalue weighted by molar-refractivity contribution is 0.275. The van der Waals surface area contributed by atoms with Crippen molar-refractivity contribution >= 4 is 13.9 Å². The number of phosphoric acid groups is 1. The first-order chi connectivity index (χ1) is 5.93. The van der Waals surface area contributed by atoms with Crippen molar-refractivity contribution in [3.63, 3.8) is 0 Å². The van der Waals surface area contributed by atoms with Crippen LogP contribution in [0.4, 0.5) is 0 Å². The van der Waals surface area contributed by atoms with Gasteiger partial charge in [-0.05, 0) is 5.56 Å². The lowest BCUT2D eigenvalue weighted by atomic mass is 10.2. The zero-order chi connectivity index (χ0) is 10.3. The van der Waals surface area contributed by atoms with Gasteiger partial charge in [0.25, 0.3) is 0 Å². The third-order valence-corrected chi connectivity index (χ3v) is 1.04. The average molecular weight is 202 g/mol. The maximum absolute atomic E-state index is 8.88. The lowest BCUT2D eigenvalue weighted by Gasteiger charge is -1.85. The Morgan fingerprint density at radius 1 is 1.15 bits per heavy atom. The monoisotopic (exact) mass is 202 g/mol. The summed E-state index contributed by atoms with van der Waals surface area (Å²) in [4.78, 5) is 21.6. The van der Waals surface area contributed by atoms with Crippen LogP contribution in [-0.4, -0.2) is 14.7 Å². The highest BCUT2D eigenvalue weighted by atomic mass is 31.2. The topological polar surface area (TPSA) is 77.8 Å². The van der Waals surface area contributed by atoms with Gasteiger partial charge in [-0.1, -0.05) is 43.0 Å². The van der Waals surface area contributed by atoms with Gasteiger partial charge in [0.1, 0.15) is 0 Å². The van der Waals surface area contributed by atoms with E-state index in [0.717, 1.165) is 0 Å². The summed E-state index contributed by atoms with van der Waals surface area (Å²) >= 11 is 0. The van der Waals surface area contributed by atoms with Crippen LogP contribution in [0.25, 0.3) is 6.08 Å². The molecule has 0 saturated heterocycles. The highest BCUT2D eigenvalue weighted by Crippen LogP contribution is 2.25. The van der Waals surface area contributed by atoms with Crippen molar-refractivity contribution in [2.45, 2.75) is 0 Å². The van der Waals surface area contributed by atoms with Gasteiger partial charge in [0, 0.05) is 0 Å². The molecule has 0 fully saturated rings. The predicted octanol–water partition coefficient (Wildman–Crippen LogP) is 1.40. The first-order valence-corrected chi connectivity index (χ1v) is 4.96. The normalized spacial score (nSPS) is 9.77. The van der Waals surface area contributed by atoms with Crippen molar-refractivity contribution < 1.29 is 19.2 Å². The predicted molar refractivity (Wildman–Crippen MR) is 50.8 cm³/mol. The molecular weight excluding hydrogens is 191 g/mol. The molecule has 0 heterocycles. The Morgan fingerprint density at radius 2 is 1.54 bits per heavy atom. The van der Waals surface area contributed by atoms with E-state index in [1.165, 1.54) is 5.56 Å². The molecule has 0 bridgehead atoms. The molecule has 0 aromatic heterocycles. The standard InChI is InChI=1S/C8H8.H3O4P/c1-2-8-6-4-3-5-7-8;1-5(2,3)4/h2-7H,1H2;(H3,1,2,3,4). The van der Waals surface area contributed by atoms with E-state index in [4.69, 9.17) is 19.2 Å². The van der Waals surface area contributed by atoms with E-state index < -0.39 is 7.82 Å². The third kappa shape index (κ3) is 11.1. The number of hydrogen-bond donors (Lipinski definition) is 3. The molecule has 0 aliphatic carbocycles. The minimum atomic E-state index is -4.64. The molecule has 1 aromatic rings. The maximum Gasteiger partial charge on any atom is 0.466 e. The summed E-state index contributed by atoms with van der Waals surface area (Å²) in [7, 11) is -4.64. The van der Waals surface area contributed by atoms with E-state index in [1.54, 1.807) is 0 Å². The Labute approximate surface area is 76.4 Å². The van der Waals surface area contributed by atoms with Gasteiger partial charge in [-0.15, -0.1) is 0 Å². The van der Waals surface area contributed by atoms with Crippen LogP contribution >= 0.6 is 7.82 Å². The van der Waals surface area contributed by atoms with Crippen LogP contribution in [0, 0.1) is 0 Å². The van der Waals surface area contributed by atoms with Gasteiger partial charge < -0.3 is 14.7 Å².